The third-order valence-corrected chi connectivity index (χ3v) is 0.993. The number of hydrogen-bond acceptors (Lipinski definition) is 2. The van der Waals surface area contributed by atoms with Crippen molar-refractivity contribution in [2.24, 2.45) is 0 Å². The second-order valence-corrected chi connectivity index (χ2v) is 1.85. The number of hydrogen-bond donors (Lipinski definition) is 1. The van der Waals surface area contributed by atoms with Crippen LogP contribution in [0, 0.1) is 0 Å². The van der Waals surface area contributed by atoms with E-state index < -0.39 is 0 Å². The summed E-state index contributed by atoms with van der Waals surface area (Å²) in [5, 5.41) is 2.47. The third-order valence-electron chi connectivity index (χ3n) is 0.993. The predicted molar refractivity (Wildman–Crippen MR) is 34.0 cm³/mol. The summed E-state index contributed by atoms with van der Waals surface area (Å²) in [5.41, 5.74) is 0. The molecule has 0 aromatic heterocycles. The summed E-state index contributed by atoms with van der Waals surface area (Å²) in [6.45, 7) is 3.24. The Morgan fingerprint density at radius 1 is 1.78 bits per heavy atom. The van der Waals surface area contributed by atoms with E-state index >= 15 is 0 Å². The minimum atomic E-state index is -0.303. The van der Waals surface area contributed by atoms with Crippen LogP contribution in [-0.2, 0) is 9.59 Å². The molecule has 0 radical (unpaired) electrons. The van der Waals surface area contributed by atoms with Crippen LogP contribution in [0.5, 0.6) is 0 Å². The fourth-order valence-electron chi connectivity index (χ4n) is 0.493. The van der Waals surface area contributed by atoms with Crippen molar-refractivity contribution in [2.75, 3.05) is 0 Å². The van der Waals surface area contributed by atoms with Crippen molar-refractivity contribution >= 4 is 12.2 Å². The molecule has 0 aliphatic rings. The van der Waals surface area contributed by atoms with Gasteiger partial charge in [-0.2, -0.15) is 0 Å². The Hall–Kier alpha value is -0.860. The van der Waals surface area contributed by atoms with Gasteiger partial charge in [-0.05, 0) is 6.42 Å². The van der Waals surface area contributed by atoms with Crippen molar-refractivity contribution in [3.05, 3.63) is 0 Å². The molecule has 0 aromatic rings. The Labute approximate surface area is 54.4 Å². The first kappa shape index (κ1) is 8.14. The molecule has 0 rings (SSSR count). The van der Waals surface area contributed by atoms with Gasteiger partial charge in [-0.25, -0.2) is 0 Å². The molecule has 1 N–H and O–H groups in total. The number of aldehydes is 1. The molecule has 9 heavy (non-hydrogen) atoms. The van der Waals surface area contributed by atoms with Crippen molar-refractivity contribution < 1.29 is 9.59 Å². The number of rotatable bonds is 3. The Balaban J connectivity index is 3.55. The molecule has 3 nitrogen and oxygen atoms in total. The van der Waals surface area contributed by atoms with E-state index in [2.05, 4.69) is 5.32 Å². The average molecular weight is 129 g/mol. The van der Waals surface area contributed by atoms with Crippen molar-refractivity contribution in [3.63, 3.8) is 0 Å². The maximum atomic E-state index is 10.3. The van der Waals surface area contributed by atoms with Gasteiger partial charge in [-0.1, -0.05) is 6.92 Å². The van der Waals surface area contributed by atoms with E-state index in [0.717, 1.165) is 6.29 Å². The van der Waals surface area contributed by atoms with Crippen LogP contribution in [0.15, 0.2) is 0 Å². The second-order valence-electron chi connectivity index (χ2n) is 1.85. The number of amides is 1. The number of carbonyl (C=O) groups excluding carboxylic acids is 2. The predicted octanol–water partition coefficient (Wildman–Crippen LogP) is 0.100. The lowest BCUT2D eigenvalue weighted by Crippen LogP contribution is -2.33. The van der Waals surface area contributed by atoms with E-state index in [1.165, 1.54) is 6.92 Å². The Morgan fingerprint density at radius 3 is 2.44 bits per heavy atom. The molecule has 0 aliphatic heterocycles. The molecular weight excluding hydrogens is 118 g/mol. The molecule has 3 heteroatoms. The summed E-state index contributed by atoms with van der Waals surface area (Å²) in [7, 11) is 0. The van der Waals surface area contributed by atoms with Gasteiger partial charge in [0.05, 0.1) is 6.04 Å². The maximum absolute atomic E-state index is 10.3. The summed E-state index contributed by atoms with van der Waals surface area (Å²) >= 11 is 0. The molecule has 0 aromatic carbocycles. The van der Waals surface area contributed by atoms with Gasteiger partial charge in [0.15, 0.2) is 0 Å². The van der Waals surface area contributed by atoms with Crippen molar-refractivity contribution in [3.8, 4) is 0 Å². The third kappa shape index (κ3) is 3.70. The quantitative estimate of drug-likeness (QED) is 0.549. The highest BCUT2D eigenvalue weighted by Gasteiger charge is 2.02. The highest BCUT2D eigenvalue weighted by Crippen LogP contribution is 1.83. The first-order chi connectivity index (χ1) is 4.20. The van der Waals surface area contributed by atoms with E-state index in [1.54, 1.807) is 0 Å². The van der Waals surface area contributed by atoms with E-state index in [-0.39, 0.29) is 11.9 Å². The molecule has 1 amide bonds. The first-order valence-electron chi connectivity index (χ1n) is 2.93. The summed E-state index contributed by atoms with van der Waals surface area (Å²) in [6, 6.07) is -0.303. The molecule has 0 aliphatic carbocycles. The highest BCUT2D eigenvalue weighted by molar-refractivity contribution is 5.77. The summed E-state index contributed by atoms with van der Waals surface area (Å²) in [5.74, 6) is -0.158. The molecule has 52 valence electrons. The summed E-state index contributed by atoms with van der Waals surface area (Å²) in [4.78, 5) is 20.4. The van der Waals surface area contributed by atoms with Crippen LogP contribution < -0.4 is 5.32 Å². The topological polar surface area (TPSA) is 46.2 Å². The van der Waals surface area contributed by atoms with Crippen LogP contribution >= 0.6 is 0 Å². The highest BCUT2D eigenvalue weighted by atomic mass is 16.2. The van der Waals surface area contributed by atoms with Crippen LogP contribution in [0.2, 0.25) is 0 Å². The average Bonchev–Trinajstić information content (AvgIpc) is 1.82. The fraction of sp³-hybridized carbons (Fsp3) is 0.667. The molecule has 0 saturated heterocycles. The Morgan fingerprint density at radius 2 is 2.33 bits per heavy atom. The molecule has 0 unspecified atom stereocenters. The first-order valence-corrected chi connectivity index (χ1v) is 2.93. The lowest BCUT2D eigenvalue weighted by molar-refractivity contribution is -0.122. The van der Waals surface area contributed by atoms with Gasteiger partial charge in [-0.3, -0.25) is 4.79 Å². The van der Waals surface area contributed by atoms with Gasteiger partial charge in [0, 0.05) is 6.92 Å². The van der Waals surface area contributed by atoms with Crippen molar-refractivity contribution in [1.82, 2.24) is 5.32 Å². The number of nitrogens with one attached hydrogen (secondary N) is 1. The lowest BCUT2D eigenvalue weighted by Gasteiger charge is -2.05. The van der Waals surface area contributed by atoms with Crippen molar-refractivity contribution in [2.45, 2.75) is 26.3 Å². The van der Waals surface area contributed by atoms with Crippen LogP contribution in [0.4, 0.5) is 0 Å². The zero-order valence-electron chi connectivity index (χ0n) is 5.68. The van der Waals surface area contributed by atoms with Gasteiger partial charge < -0.3 is 10.1 Å². The van der Waals surface area contributed by atoms with Crippen LogP contribution in [0.1, 0.15) is 20.3 Å². The molecule has 1 atom stereocenters. The molecule has 0 fully saturated rings. The normalized spacial score (nSPS) is 12.2. The SMILES string of the molecule is CC[C@@H](C=O)NC(C)=O. The van der Waals surface area contributed by atoms with E-state index in [0.29, 0.717) is 6.42 Å². The zero-order valence-corrected chi connectivity index (χ0v) is 5.68. The molecule has 0 heterocycles. The molecular formula is C6H11NO2. The minimum absolute atomic E-state index is 0.158. The number of carbonyl (C=O) groups is 2. The summed E-state index contributed by atoms with van der Waals surface area (Å²) < 4.78 is 0. The van der Waals surface area contributed by atoms with E-state index in [4.69, 9.17) is 0 Å². The maximum Gasteiger partial charge on any atom is 0.217 e. The van der Waals surface area contributed by atoms with Gasteiger partial charge in [-0.15, -0.1) is 0 Å². The second kappa shape index (κ2) is 4.06. The lowest BCUT2D eigenvalue weighted by atomic mass is 10.2. The minimum Gasteiger partial charge on any atom is -0.347 e. The van der Waals surface area contributed by atoms with Gasteiger partial charge in [0.25, 0.3) is 0 Å². The van der Waals surface area contributed by atoms with Crippen molar-refractivity contribution in [1.29, 1.82) is 0 Å². The van der Waals surface area contributed by atoms with E-state index in [9.17, 15) is 9.59 Å². The standard InChI is InChI=1S/C6H11NO2/c1-3-6(4-8)7-5(2)9/h4,6H,3H2,1-2H3,(H,7,9)/t6-/m0/s1. The zero-order chi connectivity index (χ0) is 7.28. The largest absolute Gasteiger partial charge is 0.347 e. The van der Waals surface area contributed by atoms with Crippen LogP contribution in [0.3, 0.4) is 0 Å². The monoisotopic (exact) mass is 129 g/mol. The Kier molecular flexibility index (Phi) is 3.67. The fourth-order valence-corrected chi connectivity index (χ4v) is 0.493. The smallest absolute Gasteiger partial charge is 0.217 e. The Bertz CT molecular complexity index is 112. The summed E-state index contributed by atoms with van der Waals surface area (Å²) in [6.07, 6.45) is 1.39. The van der Waals surface area contributed by atoms with Crippen LogP contribution in [0.25, 0.3) is 0 Å². The molecule has 0 spiro atoms. The molecule has 0 bridgehead atoms. The van der Waals surface area contributed by atoms with Gasteiger partial charge in [0.2, 0.25) is 5.91 Å². The molecule has 0 saturated carbocycles. The van der Waals surface area contributed by atoms with Gasteiger partial charge in [0.1, 0.15) is 6.29 Å². The van der Waals surface area contributed by atoms with E-state index in [1.807, 2.05) is 6.92 Å². The van der Waals surface area contributed by atoms with Gasteiger partial charge >= 0.3 is 0 Å². The van der Waals surface area contributed by atoms with Crippen LogP contribution in [-0.4, -0.2) is 18.2 Å².